The van der Waals surface area contributed by atoms with Crippen molar-refractivity contribution < 1.29 is 22.4 Å². The maximum Gasteiger partial charge on any atom is 0.416 e. The molecule has 0 radical (unpaired) electrons. The van der Waals surface area contributed by atoms with Crippen molar-refractivity contribution in [3.05, 3.63) is 35.1 Å². The number of hydrogen-bond donors (Lipinski definition) is 4. The van der Waals surface area contributed by atoms with Crippen LogP contribution in [0.5, 0.6) is 0 Å². The Balaban J connectivity index is 1.53. The zero-order valence-corrected chi connectivity index (χ0v) is 13.6. The van der Waals surface area contributed by atoms with E-state index in [9.17, 15) is 22.4 Å². The second-order valence-electron chi connectivity index (χ2n) is 6.91. The number of carbonyl (C=O) groups is 1. The summed E-state index contributed by atoms with van der Waals surface area (Å²) >= 11 is 0. The fraction of sp³-hybridized carbons (Fsp3) is 0.500. The van der Waals surface area contributed by atoms with Crippen molar-refractivity contribution >= 4 is 11.9 Å². The molecule has 2 aliphatic heterocycles. The molecule has 2 heterocycles. The summed E-state index contributed by atoms with van der Waals surface area (Å²) in [5, 5.41) is 5.69. The lowest BCUT2D eigenvalue weighted by atomic mass is 9.94. The molecular weight excluding hydrogens is 354 g/mol. The molecule has 1 aromatic rings. The lowest BCUT2D eigenvalue weighted by molar-refractivity contribution is -0.137. The average molecular weight is 371 g/mol. The molecule has 140 valence electrons. The number of guanidine groups is 1. The van der Waals surface area contributed by atoms with E-state index >= 15 is 0 Å². The van der Waals surface area contributed by atoms with Crippen LogP contribution in [0.1, 0.15) is 24.0 Å². The number of hydrogen-bond acceptors (Lipinski definition) is 4. The van der Waals surface area contributed by atoms with Crippen molar-refractivity contribution in [3.63, 3.8) is 0 Å². The smallest absolute Gasteiger partial charge is 0.339 e. The molecule has 4 N–H and O–H groups in total. The summed E-state index contributed by atoms with van der Waals surface area (Å²) in [4.78, 5) is 16.3. The zero-order chi connectivity index (χ0) is 18.5. The van der Waals surface area contributed by atoms with E-state index in [0.717, 1.165) is 12.1 Å². The predicted octanol–water partition coefficient (Wildman–Crippen LogP) is 1.00. The molecule has 2 saturated heterocycles. The summed E-state index contributed by atoms with van der Waals surface area (Å²) < 4.78 is 52.5. The second-order valence-corrected chi connectivity index (χ2v) is 6.91. The highest BCUT2D eigenvalue weighted by molar-refractivity contribution is 6.01. The maximum atomic E-state index is 13.7. The van der Waals surface area contributed by atoms with Gasteiger partial charge in [-0.15, -0.1) is 0 Å². The number of hydrazine groups is 1. The molecule has 1 amide bonds. The average Bonchev–Trinajstić information content (AvgIpc) is 3.21. The van der Waals surface area contributed by atoms with Gasteiger partial charge in [0.1, 0.15) is 12.0 Å². The van der Waals surface area contributed by atoms with Crippen molar-refractivity contribution in [1.29, 1.82) is 0 Å². The third-order valence-corrected chi connectivity index (χ3v) is 5.08. The van der Waals surface area contributed by atoms with E-state index < -0.39 is 23.0 Å². The van der Waals surface area contributed by atoms with Crippen LogP contribution in [0.3, 0.4) is 0 Å². The van der Waals surface area contributed by atoms with E-state index in [-0.39, 0.29) is 36.1 Å². The lowest BCUT2D eigenvalue weighted by Crippen LogP contribution is -2.61. The number of nitrogens with zero attached hydrogens (tertiary/aromatic N) is 1. The number of fused-ring (bicyclic) bond motifs is 1. The standard InChI is InChI=1S/C16H17F4N5O/c17-10-4-8(3-9(5-10)16(18,19)20)15(1-2-15)7-21-14-23-12-11(6-22-25-12)13(26)24-14/h3-5,11-12,22,25H,1-2,6-7H2,(H2,21,23,24,26). The van der Waals surface area contributed by atoms with E-state index in [2.05, 4.69) is 26.5 Å². The van der Waals surface area contributed by atoms with Gasteiger partial charge in [-0.3, -0.25) is 20.5 Å². The first kappa shape index (κ1) is 17.2. The molecule has 6 nitrogen and oxygen atoms in total. The minimum atomic E-state index is -4.60. The molecule has 1 aromatic carbocycles. The summed E-state index contributed by atoms with van der Waals surface area (Å²) in [7, 11) is 0. The topological polar surface area (TPSA) is 77.5 Å². The monoisotopic (exact) mass is 371 g/mol. The van der Waals surface area contributed by atoms with Gasteiger partial charge in [0.05, 0.1) is 18.0 Å². The van der Waals surface area contributed by atoms with Crippen molar-refractivity contribution in [3.8, 4) is 0 Å². The molecule has 4 rings (SSSR count). The Morgan fingerprint density at radius 2 is 2.00 bits per heavy atom. The Bertz CT molecular complexity index is 774. The highest BCUT2D eigenvalue weighted by Gasteiger charge is 2.46. The van der Waals surface area contributed by atoms with Crippen LogP contribution in [0.2, 0.25) is 0 Å². The third kappa shape index (κ3) is 3.14. The number of amides is 1. The van der Waals surface area contributed by atoms with Gasteiger partial charge in [0.25, 0.3) is 0 Å². The Morgan fingerprint density at radius 1 is 1.23 bits per heavy atom. The fourth-order valence-corrected chi connectivity index (χ4v) is 3.33. The molecule has 3 fully saturated rings. The van der Waals surface area contributed by atoms with Crippen LogP contribution in [0, 0.1) is 11.7 Å². The van der Waals surface area contributed by atoms with E-state index in [1.54, 1.807) is 0 Å². The molecule has 0 spiro atoms. The summed E-state index contributed by atoms with van der Waals surface area (Å²) in [6.45, 7) is 0.658. The maximum absolute atomic E-state index is 13.7. The highest BCUT2D eigenvalue weighted by atomic mass is 19.4. The van der Waals surface area contributed by atoms with Gasteiger partial charge >= 0.3 is 6.18 Å². The molecule has 0 aromatic heterocycles. The number of benzene rings is 1. The van der Waals surface area contributed by atoms with Crippen LogP contribution in [0.25, 0.3) is 0 Å². The minimum absolute atomic E-state index is 0.168. The first-order valence-corrected chi connectivity index (χ1v) is 8.25. The van der Waals surface area contributed by atoms with Crippen LogP contribution in [-0.2, 0) is 16.4 Å². The van der Waals surface area contributed by atoms with E-state index in [1.165, 1.54) is 0 Å². The Kier molecular flexibility index (Phi) is 3.92. The van der Waals surface area contributed by atoms with Crippen molar-refractivity contribution in [2.75, 3.05) is 13.1 Å². The number of rotatable bonds is 3. The summed E-state index contributed by atoms with van der Waals surface area (Å²) in [6, 6.07) is 2.61. The van der Waals surface area contributed by atoms with E-state index in [1.807, 2.05) is 0 Å². The van der Waals surface area contributed by atoms with Crippen LogP contribution in [0.15, 0.2) is 23.2 Å². The van der Waals surface area contributed by atoms with Gasteiger partial charge in [0, 0.05) is 12.0 Å². The molecule has 26 heavy (non-hydrogen) atoms. The molecule has 1 saturated carbocycles. The molecule has 3 aliphatic rings. The van der Waals surface area contributed by atoms with Crippen molar-refractivity contribution in [1.82, 2.24) is 21.5 Å². The Morgan fingerprint density at radius 3 is 2.69 bits per heavy atom. The number of alkyl halides is 3. The molecule has 2 unspecified atom stereocenters. The van der Waals surface area contributed by atoms with Crippen LogP contribution < -0.4 is 21.5 Å². The van der Waals surface area contributed by atoms with Gasteiger partial charge in [-0.25, -0.2) is 9.82 Å². The van der Waals surface area contributed by atoms with Gasteiger partial charge in [-0.2, -0.15) is 13.2 Å². The summed E-state index contributed by atoms with van der Waals surface area (Å²) in [6.07, 6.45) is -3.66. The van der Waals surface area contributed by atoms with Gasteiger partial charge in [0.15, 0.2) is 5.96 Å². The quantitative estimate of drug-likeness (QED) is 0.598. The predicted molar refractivity (Wildman–Crippen MR) is 84.3 cm³/mol. The Labute approximate surface area is 146 Å². The third-order valence-electron chi connectivity index (χ3n) is 5.08. The fourth-order valence-electron chi connectivity index (χ4n) is 3.33. The zero-order valence-electron chi connectivity index (χ0n) is 13.6. The molecule has 10 heteroatoms. The van der Waals surface area contributed by atoms with Crippen molar-refractivity contribution in [2.45, 2.75) is 30.6 Å². The van der Waals surface area contributed by atoms with Gasteiger partial charge in [0.2, 0.25) is 5.91 Å². The number of halogens is 4. The minimum Gasteiger partial charge on any atom is -0.339 e. The lowest BCUT2D eigenvalue weighted by Gasteiger charge is -2.27. The first-order chi connectivity index (χ1) is 12.3. The normalized spacial score (nSPS) is 28.5. The van der Waals surface area contributed by atoms with Gasteiger partial charge < -0.3 is 5.32 Å². The van der Waals surface area contributed by atoms with E-state index in [4.69, 9.17) is 0 Å². The van der Waals surface area contributed by atoms with Crippen LogP contribution >= 0.6 is 0 Å². The largest absolute Gasteiger partial charge is 0.416 e. The second kappa shape index (κ2) is 5.92. The van der Waals surface area contributed by atoms with Crippen LogP contribution in [0.4, 0.5) is 17.6 Å². The number of nitrogens with one attached hydrogen (secondary N) is 4. The van der Waals surface area contributed by atoms with E-state index in [0.29, 0.717) is 25.5 Å². The SMILES string of the molecule is O=C1NC(=NCC2(c3cc(F)cc(C(F)(F)F)c3)CC2)NC2NNCC12. The molecule has 2 atom stereocenters. The number of aliphatic imine (C=N–C) groups is 1. The summed E-state index contributed by atoms with van der Waals surface area (Å²) in [5.41, 5.74) is 4.45. The molecular formula is C16H17F4N5O. The summed E-state index contributed by atoms with van der Waals surface area (Å²) in [5.74, 6) is -1.09. The van der Waals surface area contributed by atoms with Gasteiger partial charge in [-0.1, -0.05) is 0 Å². The highest BCUT2D eigenvalue weighted by Crippen LogP contribution is 2.49. The molecule has 0 bridgehead atoms. The first-order valence-electron chi connectivity index (χ1n) is 8.25. The van der Waals surface area contributed by atoms with Crippen molar-refractivity contribution in [2.24, 2.45) is 10.9 Å². The van der Waals surface area contributed by atoms with Crippen LogP contribution in [-0.4, -0.2) is 31.1 Å². The Hall–Kier alpha value is -2.20. The number of carbonyl (C=O) groups excluding carboxylic acids is 1. The molecule has 1 aliphatic carbocycles. The van der Waals surface area contributed by atoms with Gasteiger partial charge in [-0.05, 0) is 36.6 Å².